The number of fused-ring (bicyclic) bond motifs is 2. The number of halogens is 3. The summed E-state index contributed by atoms with van der Waals surface area (Å²) in [6.07, 6.45) is 0.0144. The SMILES string of the molecule is C/C=C/C[C@@H]1[C@@]2(C)CO[C@]1(C)C[C@H](OC(=O)[C@](OC)(c1ccccc1)C(F)(F)F)C2. The number of alkyl halides is 3. The first-order chi connectivity index (χ1) is 14.0. The Morgan fingerprint density at radius 3 is 2.43 bits per heavy atom. The van der Waals surface area contributed by atoms with Crippen LogP contribution in [0, 0.1) is 11.3 Å². The molecule has 2 bridgehead atoms. The molecule has 1 aromatic rings. The Bertz CT molecular complexity index is 773. The van der Waals surface area contributed by atoms with Crippen molar-refractivity contribution < 1.29 is 32.2 Å². The molecule has 3 rings (SSSR count). The Labute approximate surface area is 175 Å². The fourth-order valence-corrected chi connectivity index (χ4v) is 5.23. The van der Waals surface area contributed by atoms with Gasteiger partial charge in [0.05, 0.1) is 12.2 Å². The van der Waals surface area contributed by atoms with E-state index in [1.807, 2.05) is 19.9 Å². The standard InChI is InChI=1S/C23H29F3O4/c1-5-6-12-18-20(2)13-17(14-21(18,3)29-15-20)30-19(27)22(28-4,23(24,25)26)16-10-8-7-9-11-16/h5-11,17-18H,12-15H2,1-4H3/b6-5+/t17-,18-,20-,21-,22-/m1/s1. The number of hydrogen-bond donors (Lipinski definition) is 0. The fourth-order valence-electron chi connectivity index (χ4n) is 5.23. The van der Waals surface area contributed by atoms with Gasteiger partial charge in [0.2, 0.25) is 0 Å². The van der Waals surface area contributed by atoms with Crippen molar-refractivity contribution in [3.05, 3.63) is 48.0 Å². The monoisotopic (exact) mass is 426 g/mol. The lowest BCUT2D eigenvalue weighted by molar-refractivity contribution is -0.279. The molecule has 0 unspecified atom stereocenters. The van der Waals surface area contributed by atoms with Gasteiger partial charge in [0.15, 0.2) is 0 Å². The summed E-state index contributed by atoms with van der Waals surface area (Å²) in [4.78, 5) is 13.0. The van der Waals surface area contributed by atoms with E-state index in [1.165, 1.54) is 24.3 Å². The summed E-state index contributed by atoms with van der Waals surface area (Å²) in [7, 11) is 0.880. The van der Waals surface area contributed by atoms with Gasteiger partial charge in [-0.05, 0) is 32.6 Å². The second-order valence-electron chi connectivity index (χ2n) is 8.80. The molecule has 0 N–H and O–H groups in total. The largest absolute Gasteiger partial charge is 0.460 e. The minimum absolute atomic E-state index is 0.208. The van der Waals surface area contributed by atoms with E-state index in [1.54, 1.807) is 6.07 Å². The first-order valence-electron chi connectivity index (χ1n) is 10.2. The van der Waals surface area contributed by atoms with Gasteiger partial charge in [-0.25, -0.2) is 4.79 Å². The number of methoxy groups -OCH3 is 1. The second kappa shape index (κ2) is 8.00. The van der Waals surface area contributed by atoms with Gasteiger partial charge in [0, 0.05) is 24.5 Å². The average molecular weight is 426 g/mol. The highest BCUT2D eigenvalue weighted by Gasteiger charge is 2.65. The maximum atomic E-state index is 14.1. The third-order valence-electron chi connectivity index (χ3n) is 6.69. The summed E-state index contributed by atoms with van der Waals surface area (Å²) >= 11 is 0. The molecule has 4 nitrogen and oxygen atoms in total. The van der Waals surface area contributed by atoms with Gasteiger partial charge in [0.25, 0.3) is 5.60 Å². The normalized spacial score (nSPS) is 33.4. The van der Waals surface area contributed by atoms with Crippen LogP contribution in [-0.2, 0) is 24.6 Å². The number of rotatable bonds is 6. The summed E-state index contributed by atoms with van der Waals surface area (Å²) in [5.41, 5.74) is -4.31. The Hall–Kier alpha value is -1.86. The van der Waals surface area contributed by atoms with E-state index < -0.39 is 29.5 Å². The van der Waals surface area contributed by atoms with Crippen LogP contribution in [0.15, 0.2) is 42.5 Å². The Morgan fingerprint density at radius 2 is 1.90 bits per heavy atom. The van der Waals surface area contributed by atoms with Crippen LogP contribution in [0.2, 0.25) is 0 Å². The van der Waals surface area contributed by atoms with Gasteiger partial charge in [-0.1, -0.05) is 49.4 Å². The van der Waals surface area contributed by atoms with Gasteiger partial charge in [0.1, 0.15) is 6.10 Å². The number of hydrogen-bond acceptors (Lipinski definition) is 4. The number of carbonyl (C=O) groups excluding carboxylic acids is 1. The Balaban J connectivity index is 1.88. The maximum absolute atomic E-state index is 14.1. The summed E-state index contributed by atoms with van der Waals surface area (Å²) in [5.74, 6) is -1.23. The molecule has 1 aromatic carbocycles. The molecule has 2 fully saturated rings. The predicted octanol–water partition coefficient (Wildman–Crippen LogP) is 5.17. The average Bonchev–Trinajstić information content (AvgIpc) is 2.81. The molecule has 166 valence electrons. The van der Waals surface area contributed by atoms with Gasteiger partial charge in [-0.3, -0.25) is 0 Å². The lowest BCUT2D eigenvalue weighted by atomic mass is 9.61. The highest BCUT2D eigenvalue weighted by molar-refractivity contribution is 5.82. The Kier molecular flexibility index (Phi) is 6.09. The maximum Gasteiger partial charge on any atom is 0.432 e. The minimum atomic E-state index is -4.98. The van der Waals surface area contributed by atoms with Crippen LogP contribution in [0.5, 0.6) is 0 Å². The van der Waals surface area contributed by atoms with Crippen LogP contribution >= 0.6 is 0 Å². The fraction of sp³-hybridized carbons (Fsp3) is 0.609. The lowest BCUT2D eigenvalue weighted by Crippen LogP contribution is -2.54. The van der Waals surface area contributed by atoms with E-state index in [2.05, 4.69) is 13.0 Å². The van der Waals surface area contributed by atoms with E-state index in [0.717, 1.165) is 13.5 Å². The van der Waals surface area contributed by atoms with Crippen LogP contribution in [0.25, 0.3) is 0 Å². The number of esters is 1. The van der Waals surface area contributed by atoms with E-state index >= 15 is 0 Å². The topological polar surface area (TPSA) is 44.8 Å². The molecule has 5 atom stereocenters. The van der Waals surface area contributed by atoms with Crippen LogP contribution in [0.3, 0.4) is 0 Å². The van der Waals surface area contributed by atoms with Crippen LogP contribution in [0.1, 0.15) is 45.6 Å². The zero-order valence-electron chi connectivity index (χ0n) is 17.8. The van der Waals surface area contributed by atoms with Gasteiger partial charge in [-0.2, -0.15) is 13.2 Å². The van der Waals surface area contributed by atoms with E-state index in [9.17, 15) is 18.0 Å². The first-order valence-corrected chi connectivity index (χ1v) is 10.2. The molecule has 1 aliphatic heterocycles. The van der Waals surface area contributed by atoms with Crippen LogP contribution in [-0.4, -0.2) is 37.6 Å². The van der Waals surface area contributed by atoms with Crippen molar-refractivity contribution in [3.63, 3.8) is 0 Å². The number of allylic oxidation sites excluding steroid dienone is 2. The second-order valence-corrected chi connectivity index (χ2v) is 8.80. The van der Waals surface area contributed by atoms with Crippen LogP contribution in [0.4, 0.5) is 13.2 Å². The van der Waals surface area contributed by atoms with E-state index in [0.29, 0.717) is 19.4 Å². The van der Waals surface area contributed by atoms with E-state index in [4.69, 9.17) is 14.2 Å². The van der Waals surface area contributed by atoms with Crippen molar-refractivity contribution >= 4 is 5.97 Å². The molecule has 0 spiro atoms. The molecule has 0 aromatic heterocycles. The molecular formula is C23H29F3O4. The molecule has 1 saturated carbocycles. The first kappa shape index (κ1) is 22.8. The zero-order valence-corrected chi connectivity index (χ0v) is 17.8. The molecule has 1 saturated heterocycles. The van der Waals surface area contributed by atoms with Gasteiger partial charge < -0.3 is 14.2 Å². The Morgan fingerprint density at radius 1 is 1.23 bits per heavy atom. The molecule has 0 radical (unpaired) electrons. The molecule has 0 amide bonds. The highest BCUT2D eigenvalue weighted by atomic mass is 19.4. The van der Waals surface area contributed by atoms with Crippen molar-refractivity contribution in [2.24, 2.45) is 11.3 Å². The number of benzene rings is 1. The van der Waals surface area contributed by atoms with Crippen molar-refractivity contribution in [1.29, 1.82) is 0 Å². The lowest BCUT2D eigenvalue weighted by Gasteiger charge is -2.45. The molecule has 2 aliphatic rings. The molecule has 1 aliphatic carbocycles. The molecule has 30 heavy (non-hydrogen) atoms. The summed E-state index contributed by atoms with van der Waals surface area (Å²) < 4.78 is 58.8. The predicted molar refractivity (Wildman–Crippen MR) is 106 cm³/mol. The van der Waals surface area contributed by atoms with Crippen molar-refractivity contribution in [3.8, 4) is 0 Å². The minimum Gasteiger partial charge on any atom is -0.460 e. The summed E-state index contributed by atoms with van der Waals surface area (Å²) in [5, 5.41) is 0. The number of ether oxygens (including phenoxy) is 3. The van der Waals surface area contributed by atoms with Crippen molar-refractivity contribution in [2.45, 2.75) is 63.5 Å². The van der Waals surface area contributed by atoms with Gasteiger partial charge in [-0.15, -0.1) is 0 Å². The van der Waals surface area contributed by atoms with Crippen LogP contribution < -0.4 is 0 Å². The molecule has 7 heteroatoms. The molecular weight excluding hydrogens is 397 g/mol. The third-order valence-corrected chi connectivity index (χ3v) is 6.69. The zero-order chi connectivity index (χ0) is 22.2. The van der Waals surface area contributed by atoms with Crippen molar-refractivity contribution in [2.75, 3.05) is 13.7 Å². The van der Waals surface area contributed by atoms with Crippen molar-refractivity contribution in [1.82, 2.24) is 0 Å². The highest BCUT2D eigenvalue weighted by Crippen LogP contribution is 2.56. The third kappa shape index (κ3) is 3.66. The number of carbonyl (C=O) groups is 1. The van der Waals surface area contributed by atoms with Gasteiger partial charge >= 0.3 is 12.1 Å². The summed E-state index contributed by atoms with van der Waals surface area (Å²) in [6.45, 7) is 6.45. The van der Waals surface area contributed by atoms with E-state index in [-0.39, 0.29) is 16.9 Å². The smallest absolute Gasteiger partial charge is 0.432 e. The quantitative estimate of drug-likeness (QED) is 0.465. The summed E-state index contributed by atoms with van der Waals surface area (Å²) in [6, 6.07) is 6.90. The molecule has 1 heterocycles.